The number of likely N-dealkylation sites (N-methyl/N-ethyl adjacent to an activating group) is 1. The van der Waals surface area contributed by atoms with Crippen LogP contribution in [0.15, 0.2) is 35.0 Å². The number of piperazine rings is 1. The molecular formula is C20H28N3OS+. The Kier molecular flexibility index (Phi) is 5.76. The molecule has 1 amide bonds. The van der Waals surface area contributed by atoms with Gasteiger partial charge in [-0.2, -0.15) is 11.3 Å². The number of rotatable bonds is 5. The van der Waals surface area contributed by atoms with Gasteiger partial charge in [0.05, 0.1) is 7.05 Å². The van der Waals surface area contributed by atoms with E-state index >= 15 is 0 Å². The van der Waals surface area contributed by atoms with Gasteiger partial charge >= 0.3 is 0 Å². The zero-order valence-electron chi connectivity index (χ0n) is 15.4. The SMILES string of the molecule is Cc1cccc(N2CCN(C(=O)C[NH+](C)Cc3ccsc3)CC2)c1C. The van der Waals surface area contributed by atoms with Crippen LogP contribution in [-0.2, 0) is 11.3 Å². The highest BCUT2D eigenvalue weighted by molar-refractivity contribution is 7.07. The molecule has 0 radical (unpaired) electrons. The summed E-state index contributed by atoms with van der Waals surface area (Å²) in [6, 6.07) is 8.61. The van der Waals surface area contributed by atoms with E-state index in [1.165, 1.54) is 27.3 Å². The Bertz CT molecular complexity index is 706. The first kappa shape index (κ1) is 18.0. The van der Waals surface area contributed by atoms with Gasteiger partial charge in [-0.15, -0.1) is 0 Å². The van der Waals surface area contributed by atoms with Gasteiger partial charge < -0.3 is 14.7 Å². The maximum absolute atomic E-state index is 12.6. The minimum atomic E-state index is 0.272. The van der Waals surface area contributed by atoms with E-state index in [1.807, 2.05) is 4.90 Å². The summed E-state index contributed by atoms with van der Waals surface area (Å²) in [5, 5.41) is 4.26. The summed E-state index contributed by atoms with van der Waals surface area (Å²) in [5.41, 5.74) is 5.30. The van der Waals surface area contributed by atoms with Crippen molar-refractivity contribution in [3.63, 3.8) is 0 Å². The summed E-state index contributed by atoms with van der Waals surface area (Å²) in [5.74, 6) is 0.272. The monoisotopic (exact) mass is 358 g/mol. The molecule has 2 heterocycles. The van der Waals surface area contributed by atoms with Crippen molar-refractivity contribution in [2.75, 3.05) is 44.7 Å². The number of nitrogens with zero attached hydrogens (tertiary/aromatic N) is 2. The van der Waals surface area contributed by atoms with Gasteiger partial charge in [0.15, 0.2) is 6.54 Å². The van der Waals surface area contributed by atoms with E-state index < -0.39 is 0 Å². The molecule has 1 aliphatic rings. The molecule has 1 atom stereocenters. The number of hydrogen-bond donors (Lipinski definition) is 1. The third-order valence-corrected chi connectivity index (χ3v) is 5.82. The first-order valence-corrected chi connectivity index (χ1v) is 9.90. The van der Waals surface area contributed by atoms with Gasteiger partial charge in [-0.1, -0.05) is 12.1 Å². The van der Waals surface area contributed by atoms with Gasteiger partial charge in [0.1, 0.15) is 6.54 Å². The van der Waals surface area contributed by atoms with Crippen LogP contribution in [0.4, 0.5) is 5.69 Å². The van der Waals surface area contributed by atoms with Crippen LogP contribution >= 0.6 is 11.3 Å². The van der Waals surface area contributed by atoms with E-state index in [1.54, 1.807) is 11.3 Å². The van der Waals surface area contributed by atoms with Gasteiger partial charge in [0, 0.05) is 37.4 Å². The fourth-order valence-electron chi connectivity index (χ4n) is 3.45. The smallest absolute Gasteiger partial charge is 0.277 e. The molecule has 25 heavy (non-hydrogen) atoms. The average Bonchev–Trinajstić information content (AvgIpc) is 3.10. The maximum atomic E-state index is 12.6. The van der Waals surface area contributed by atoms with Crippen molar-refractivity contribution in [2.45, 2.75) is 20.4 Å². The van der Waals surface area contributed by atoms with Crippen LogP contribution in [-0.4, -0.2) is 50.6 Å². The van der Waals surface area contributed by atoms with E-state index in [9.17, 15) is 4.79 Å². The van der Waals surface area contributed by atoms with Gasteiger partial charge in [-0.3, -0.25) is 4.79 Å². The number of aryl methyl sites for hydroxylation is 1. The number of quaternary nitrogens is 1. The van der Waals surface area contributed by atoms with Crippen LogP contribution < -0.4 is 9.80 Å². The second-order valence-corrected chi connectivity index (χ2v) is 7.81. The molecule has 1 fully saturated rings. The molecule has 0 bridgehead atoms. The molecule has 1 aliphatic heterocycles. The number of hydrogen-bond acceptors (Lipinski definition) is 3. The van der Waals surface area contributed by atoms with Crippen LogP contribution in [0, 0.1) is 13.8 Å². The minimum Gasteiger partial charge on any atom is -0.368 e. The summed E-state index contributed by atoms with van der Waals surface area (Å²) in [7, 11) is 2.10. The number of carbonyl (C=O) groups excluding carboxylic acids is 1. The molecule has 3 rings (SSSR count). The van der Waals surface area contributed by atoms with E-state index in [4.69, 9.17) is 0 Å². The predicted octanol–water partition coefficient (Wildman–Crippen LogP) is 1.73. The minimum absolute atomic E-state index is 0.272. The average molecular weight is 359 g/mol. The van der Waals surface area contributed by atoms with Crippen molar-refractivity contribution in [2.24, 2.45) is 0 Å². The summed E-state index contributed by atoms with van der Waals surface area (Å²) in [6.45, 7) is 9.29. The number of nitrogens with one attached hydrogen (secondary N) is 1. The fourth-order valence-corrected chi connectivity index (χ4v) is 4.12. The molecule has 134 valence electrons. The van der Waals surface area contributed by atoms with Crippen molar-refractivity contribution in [1.29, 1.82) is 0 Å². The number of thiophene rings is 1. The van der Waals surface area contributed by atoms with Crippen molar-refractivity contribution >= 4 is 22.9 Å². The lowest BCUT2D eigenvalue weighted by atomic mass is 10.1. The second kappa shape index (κ2) is 8.02. The fraction of sp³-hybridized carbons (Fsp3) is 0.450. The van der Waals surface area contributed by atoms with Crippen molar-refractivity contribution < 1.29 is 9.69 Å². The van der Waals surface area contributed by atoms with Gasteiger partial charge in [-0.05, 0) is 47.9 Å². The van der Waals surface area contributed by atoms with Crippen molar-refractivity contribution in [3.05, 3.63) is 51.7 Å². The third kappa shape index (κ3) is 4.41. The van der Waals surface area contributed by atoms with Gasteiger partial charge in [0.25, 0.3) is 5.91 Å². The second-order valence-electron chi connectivity index (χ2n) is 7.03. The first-order chi connectivity index (χ1) is 12.0. The largest absolute Gasteiger partial charge is 0.368 e. The Hall–Kier alpha value is -1.85. The highest BCUT2D eigenvalue weighted by atomic mass is 32.1. The molecule has 1 aromatic carbocycles. The highest BCUT2D eigenvalue weighted by Gasteiger charge is 2.24. The molecule has 1 unspecified atom stereocenters. The van der Waals surface area contributed by atoms with Gasteiger partial charge in [-0.25, -0.2) is 0 Å². The maximum Gasteiger partial charge on any atom is 0.277 e. The molecule has 0 spiro atoms. The predicted molar refractivity (Wildman–Crippen MR) is 104 cm³/mol. The Morgan fingerprint density at radius 2 is 1.92 bits per heavy atom. The topological polar surface area (TPSA) is 28.0 Å². The quantitative estimate of drug-likeness (QED) is 0.882. The van der Waals surface area contributed by atoms with Crippen LogP contribution in [0.2, 0.25) is 0 Å². The lowest BCUT2D eigenvalue weighted by Gasteiger charge is -2.37. The zero-order valence-corrected chi connectivity index (χ0v) is 16.2. The highest BCUT2D eigenvalue weighted by Crippen LogP contribution is 2.23. The van der Waals surface area contributed by atoms with Gasteiger partial charge in [0.2, 0.25) is 0 Å². The molecule has 1 saturated heterocycles. The lowest BCUT2D eigenvalue weighted by Crippen LogP contribution is -3.08. The number of benzene rings is 1. The van der Waals surface area contributed by atoms with Crippen molar-refractivity contribution in [3.8, 4) is 0 Å². The standard InChI is InChI=1S/C20H27N3OS/c1-16-5-4-6-19(17(16)2)22-8-10-23(11-9-22)20(24)14-21(3)13-18-7-12-25-15-18/h4-7,12,15H,8-11,13-14H2,1-3H3/p+1. The van der Waals surface area contributed by atoms with Crippen LogP contribution in [0.25, 0.3) is 0 Å². The molecule has 0 aliphatic carbocycles. The molecular weight excluding hydrogens is 330 g/mol. The first-order valence-electron chi connectivity index (χ1n) is 8.96. The zero-order chi connectivity index (χ0) is 17.8. The molecule has 4 nitrogen and oxygen atoms in total. The normalized spacial score (nSPS) is 16.1. The Balaban J connectivity index is 1.51. The molecule has 1 N–H and O–H groups in total. The van der Waals surface area contributed by atoms with Crippen LogP contribution in [0.3, 0.4) is 0 Å². The van der Waals surface area contributed by atoms with Crippen molar-refractivity contribution in [1.82, 2.24) is 4.90 Å². The Morgan fingerprint density at radius 3 is 2.60 bits per heavy atom. The number of carbonyl (C=O) groups is 1. The van der Waals surface area contributed by atoms with Crippen LogP contribution in [0.1, 0.15) is 16.7 Å². The summed E-state index contributed by atoms with van der Waals surface area (Å²) >= 11 is 1.71. The summed E-state index contributed by atoms with van der Waals surface area (Å²) in [6.07, 6.45) is 0. The van der Waals surface area contributed by atoms with E-state index in [0.29, 0.717) is 6.54 Å². The molecule has 1 aromatic heterocycles. The molecule has 0 saturated carbocycles. The third-order valence-electron chi connectivity index (χ3n) is 5.09. The van der Waals surface area contributed by atoms with E-state index in [-0.39, 0.29) is 5.91 Å². The Morgan fingerprint density at radius 1 is 1.16 bits per heavy atom. The Labute approximate surface area is 154 Å². The number of anilines is 1. The summed E-state index contributed by atoms with van der Waals surface area (Å²) < 4.78 is 0. The lowest BCUT2D eigenvalue weighted by molar-refractivity contribution is -0.885. The summed E-state index contributed by atoms with van der Waals surface area (Å²) in [4.78, 5) is 18.3. The molecule has 5 heteroatoms. The van der Waals surface area contributed by atoms with Crippen LogP contribution in [0.5, 0.6) is 0 Å². The number of amides is 1. The molecule has 2 aromatic rings. The van der Waals surface area contributed by atoms with E-state index in [2.05, 4.69) is 60.8 Å². The van der Waals surface area contributed by atoms with E-state index in [0.717, 1.165) is 32.7 Å².